The Balaban J connectivity index is 2.52. The summed E-state index contributed by atoms with van der Waals surface area (Å²) in [5.74, 6) is -0.128. The molecule has 1 atom stereocenters. The van der Waals surface area contributed by atoms with Crippen LogP contribution in [0, 0.1) is 0 Å². The average Bonchev–Trinajstić information content (AvgIpc) is 2.45. The van der Waals surface area contributed by atoms with Gasteiger partial charge in [-0.05, 0) is 38.3 Å². The fraction of sp³-hybridized carbons (Fsp3) is 0.538. The zero-order chi connectivity index (χ0) is 15.6. The molecule has 1 unspecified atom stereocenters. The Hall–Kier alpha value is -1.99. The van der Waals surface area contributed by atoms with Crippen LogP contribution in [0.5, 0.6) is 0 Å². The highest BCUT2D eigenvalue weighted by Crippen LogP contribution is 2.32. The van der Waals surface area contributed by atoms with E-state index >= 15 is 0 Å². The van der Waals surface area contributed by atoms with Crippen molar-refractivity contribution in [2.45, 2.75) is 38.4 Å². The normalized spacial score (nSPS) is 20.7. The second-order valence-corrected chi connectivity index (χ2v) is 5.09. The van der Waals surface area contributed by atoms with Gasteiger partial charge in [0.05, 0.1) is 5.56 Å². The van der Waals surface area contributed by atoms with Gasteiger partial charge in [-0.1, -0.05) is 5.16 Å². The first-order valence-electron chi connectivity index (χ1n) is 6.67. The van der Waals surface area contributed by atoms with Crippen LogP contribution >= 0.6 is 0 Å². The van der Waals surface area contributed by atoms with Crippen molar-refractivity contribution < 1.29 is 18.4 Å². The van der Waals surface area contributed by atoms with Gasteiger partial charge in [-0.3, -0.25) is 0 Å². The van der Waals surface area contributed by atoms with Crippen LogP contribution < -0.4 is 10.6 Å². The molecule has 3 N–H and O–H groups in total. The number of pyridine rings is 1. The van der Waals surface area contributed by atoms with Crippen LogP contribution in [0.4, 0.5) is 19.0 Å². The third kappa shape index (κ3) is 3.20. The zero-order valence-corrected chi connectivity index (χ0v) is 11.6. The number of anilines is 1. The summed E-state index contributed by atoms with van der Waals surface area (Å²) >= 11 is 0. The molecule has 0 saturated carbocycles. The highest BCUT2D eigenvalue weighted by atomic mass is 19.4. The third-order valence-electron chi connectivity index (χ3n) is 3.62. The number of aromatic nitrogens is 1. The van der Waals surface area contributed by atoms with Crippen LogP contribution in [0.3, 0.4) is 0 Å². The molecule has 5 nitrogen and oxygen atoms in total. The molecule has 0 aliphatic carbocycles. The van der Waals surface area contributed by atoms with Crippen molar-refractivity contribution in [2.75, 3.05) is 11.4 Å². The van der Waals surface area contributed by atoms with Gasteiger partial charge in [-0.2, -0.15) is 13.2 Å². The molecule has 1 aliphatic rings. The Labute approximate surface area is 120 Å². The van der Waals surface area contributed by atoms with E-state index in [2.05, 4.69) is 10.1 Å². The maximum absolute atomic E-state index is 12.9. The van der Waals surface area contributed by atoms with Gasteiger partial charge in [0.1, 0.15) is 11.5 Å². The maximum Gasteiger partial charge on any atom is 0.433 e. The lowest BCUT2D eigenvalue weighted by Gasteiger charge is -2.35. The van der Waals surface area contributed by atoms with E-state index in [1.54, 1.807) is 4.90 Å². The lowest BCUT2D eigenvalue weighted by Crippen LogP contribution is -2.39. The lowest BCUT2D eigenvalue weighted by molar-refractivity contribution is -0.141. The number of oxime groups is 1. The molecule has 0 bridgehead atoms. The minimum atomic E-state index is -4.53. The van der Waals surface area contributed by atoms with Gasteiger partial charge in [-0.25, -0.2) is 4.98 Å². The molecule has 1 aliphatic heterocycles. The Kier molecular flexibility index (Phi) is 4.24. The number of nitrogens with zero attached hydrogens (tertiary/aromatic N) is 3. The first-order valence-corrected chi connectivity index (χ1v) is 6.67. The smallest absolute Gasteiger partial charge is 0.409 e. The first-order chi connectivity index (χ1) is 9.84. The molecular weight excluding hydrogens is 285 g/mol. The molecule has 21 heavy (non-hydrogen) atoms. The fourth-order valence-electron chi connectivity index (χ4n) is 2.49. The number of alkyl halides is 3. The van der Waals surface area contributed by atoms with E-state index < -0.39 is 11.9 Å². The topological polar surface area (TPSA) is 74.7 Å². The summed E-state index contributed by atoms with van der Waals surface area (Å²) < 4.78 is 38.6. The van der Waals surface area contributed by atoms with Crippen molar-refractivity contribution in [1.82, 2.24) is 4.98 Å². The van der Waals surface area contributed by atoms with E-state index in [4.69, 9.17) is 10.9 Å². The van der Waals surface area contributed by atoms with Crippen molar-refractivity contribution in [2.24, 2.45) is 10.9 Å². The Bertz CT molecular complexity index is 545. The number of hydrogen-bond donors (Lipinski definition) is 2. The molecule has 1 saturated heterocycles. The highest BCUT2D eigenvalue weighted by Gasteiger charge is 2.34. The van der Waals surface area contributed by atoms with E-state index in [9.17, 15) is 13.2 Å². The minimum Gasteiger partial charge on any atom is -0.409 e. The molecule has 0 radical (unpaired) electrons. The maximum atomic E-state index is 12.9. The molecule has 1 fully saturated rings. The van der Waals surface area contributed by atoms with Gasteiger partial charge in [-0.15, -0.1) is 0 Å². The predicted octanol–water partition coefficient (Wildman–Crippen LogP) is 2.57. The van der Waals surface area contributed by atoms with E-state index in [-0.39, 0.29) is 23.3 Å². The van der Waals surface area contributed by atoms with Crippen molar-refractivity contribution in [3.8, 4) is 0 Å². The molecule has 2 heterocycles. The minimum absolute atomic E-state index is 0.0555. The fourth-order valence-corrected chi connectivity index (χ4v) is 2.49. The predicted molar refractivity (Wildman–Crippen MR) is 72.4 cm³/mol. The van der Waals surface area contributed by atoms with Crippen LogP contribution in [0.1, 0.15) is 37.4 Å². The van der Waals surface area contributed by atoms with E-state index in [0.717, 1.165) is 25.3 Å². The molecule has 0 spiro atoms. The summed E-state index contributed by atoms with van der Waals surface area (Å²) in [5, 5.41) is 11.7. The number of hydrogen-bond acceptors (Lipinski definition) is 4. The molecule has 1 aromatic heterocycles. The molecule has 0 amide bonds. The summed E-state index contributed by atoms with van der Waals surface area (Å²) in [7, 11) is 0. The molecule has 116 valence electrons. The summed E-state index contributed by atoms with van der Waals surface area (Å²) in [6, 6.07) is 2.09. The third-order valence-corrected chi connectivity index (χ3v) is 3.62. The van der Waals surface area contributed by atoms with Gasteiger partial charge in [0, 0.05) is 12.6 Å². The van der Waals surface area contributed by atoms with Crippen molar-refractivity contribution >= 4 is 11.7 Å². The van der Waals surface area contributed by atoms with Gasteiger partial charge in [0.2, 0.25) is 0 Å². The highest BCUT2D eigenvalue weighted by molar-refractivity contribution is 6.01. The first kappa shape index (κ1) is 15.4. The van der Waals surface area contributed by atoms with E-state index in [1.165, 1.54) is 6.07 Å². The SMILES string of the molecule is CC1CCCCN1c1nc(C(F)(F)F)ccc1C(N)=NO. The molecule has 8 heteroatoms. The number of halogens is 3. The van der Waals surface area contributed by atoms with Gasteiger partial charge in [0.15, 0.2) is 5.84 Å². The Morgan fingerprint density at radius 1 is 1.43 bits per heavy atom. The van der Waals surface area contributed by atoms with Crippen LogP contribution in [0.15, 0.2) is 17.3 Å². The van der Waals surface area contributed by atoms with Crippen LogP contribution in [-0.4, -0.2) is 28.6 Å². The summed E-state index contributed by atoms with van der Waals surface area (Å²) in [5.41, 5.74) is 4.78. The largest absolute Gasteiger partial charge is 0.433 e. The molecular formula is C13H17F3N4O. The van der Waals surface area contributed by atoms with Crippen LogP contribution in [0.25, 0.3) is 0 Å². The zero-order valence-electron chi connectivity index (χ0n) is 11.6. The second kappa shape index (κ2) is 5.79. The van der Waals surface area contributed by atoms with Crippen molar-refractivity contribution in [3.63, 3.8) is 0 Å². The van der Waals surface area contributed by atoms with Crippen molar-refractivity contribution in [1.29, 1.82) is 0 Å². The number of piperidine rings is 1. The van der Waals surface area contributed by atoms with Crippen LogP contribution in [-0.2, 0) is 6.18 Å². The van der Waals surface area contributed by atoms with Gasteiger partial charge >= 0.3 is 6.18 Å². The van der Waals surface area contributed by atoms with E-state index in [1.807, 2.05) is 6.92 Å². The number of rotatable bonds is 2. The Morgan fingerprint density at radius 2 is 2.14 bits per heavy atom. The summed E-state index contributed by atoms with van der Waals surface area (Å²) in [6.45, 7) is 2.53. The number of nitrogens with two attached hydrogens (primary N) is 1. The van der Waals surface area contributed by atoms with E-state index in [0.29, 0.717) is 6.54 Å². The molecule has 0 aromatic carbocycles. The monoisotopic (exact) mass is 302 g/mol. The van der Waals surface area contributed by atoms with Gasteiger partial charge in [0.25, 0.3) is 0 Å². The van der Waals surface area contributed by atoms with Crippen molar-refractivity contribution in [3.05, 3.63) is 23.4 Å². The quantitative estimate of drug-likeness (QED) is 0.381. The van der Waals surface area contributed by atoms with Crippen LogP contribution in [0.2, 0.25) is 0 Å². The average molecular weight is 302 g/mol. The number of amidine groups is 1. The lowest BCUT2D eigenvalue weighted by atomic mass is 10.0. The second-order valence-electron chi connectivity index (χ2n) is 5.09. The summed E-state index contributed by atoms with van der Waals surface area (Å²) in [6.07, 6.45) is -1.77. The molecule has 2 rings (SSSR count). The molecule has 1 aromatic rings. The Morgan fingerprint density at radius 3 is 2.71 bits per heavy atom. The standard InChI is InChI=1S/C13H17F3N4O/c1-8-4-2-3-7-20(8)12-9(11(17)19-21)5-6-10(18-12)13(14,15)16/h5-6,8,21H,2-4,7H2,1H3,(H2,17,19). The van der Waals surface area contributed by atoms with Gasteiger partial charge < -0.3 is 15.8 Å². The summed E-state index contributed by atoms with van der Waals surface area (Å²) in [4.78, 5) is 5.50.